The molecular formula is C18H32OSi. The SMILES string of the molecule is C=CCC[C@@]12C=C(O[Si](C)(C)C(C)(C)C)CC[C@]1(C)C2. The van der Waals surface area contributed by atoms with Crippen molar-refractivity contribution in [3.05, 3.63) is 24.5 Å². The van der Waals surface area contributed by atoms with Gasteiger partial charge in [-0.25, -0.2) is 0 Å². The van der Waals surface area contributed by atoms with Crippen LogP contribution in [-0.4, -0.2) is 8.32 Å². The summed E-state index contributed by atoms with van der Waals surface area (Å²) in [6.45, 7) is 18.0. The van der Waals surface area contributed by atoms with Gasteiger partial charge in [0.1, 0.15) is 0 Å². The summed E-state index contributed by atoms with van der Waals surface area (Å²) in [5, 5.41) is 0.284. The first kappa shape index (κ1) is 15.9. The first-order valence-corrected chi connectivity index (χ1v) is 11.0. The van der Waals surface area contributed by atoms with Crippen LogP contribution < -0.4 is 0 Å². The van der Waals surface area contributed by atoms with E-state index in [4.69, 9.17) is 4.43 Å². The van der Waals surface area contributed by atoms with Gasteiger partial charge >= 0.3 is 0 Å². The number of hydrogen-bond acceptors (Lipinski definition) is 1. The Labute approximate surface area is 126 Å². The van der Waals surface area contributed by atoms with Crippen molar-refractivity contribution in [2.45, 2.75) is 77.9 Å². The third-order valence-electron chi connectivity index (χ3n) is 6.13. The molecular weight excluding hydrogens is 260 g/mol. The summed E-state index contributed by atoms with van der Waals surface area (Å²) in [6, 6.07) is 0. The smallest absolute Gasteiger partial charge is 0.250 e. The van der Waals surface area contributed by atoms with E-state index in [1.807, 2.05) is 0 Å². The molecule has 0 N–H and O–H groups in total. The van der Waals surface area contributed by atoms with Crippen molar-refractivity contribution < 1.29 is 4.43 Å². The maximum Gasteiger partial charge on any atom is 0.250 e. The lowest BCUT2D eigenvalue weighted by Gasteiger charge is -2.39. The highest BCUT2D eigenvalue weighted by Crippen LogP contribution is 2.72. The van der Waals surface area contributed by atoms with Crippen molar-refractivity contribution in [2.75, 3.05) is 0 Å². The minimum Gasteiger partial charge on any atom is -0.547 e. The molecule has 0 spiro atoms. The van der Waals surface area contributed by atoms with Gasteiger partial charge in [0.25, 0.3) is 0 Å². The Hall–Kier alpha value is -0.503. The van der Waals surface area contributed by atoms with Gasteiger partial charge in [-0.05, 0) is 60.7 Å². The molecule has 0 saturated heterocycles. The van der Waals surface area contributed by atoms with Gasteiger partial charge in [-0.15, -0.1) is 6.58 Å². The van der Waals surface area contributed by atoms with Gasteiger partial charge in [0.15, 0.2) is 0 Å². The molecule has 0 aromatic rings. The Balaban J connectivity index is 2.14. The summed E-state index contributed by atoms with van der Waals surface area (Å²) in [6.07, 6.45) is 10.7. The summed E-state index contributed by atoms with van der Waals surface area (Å²) in [4.78, 5) is 0. The first-order chi connectivity index (χ1) is 9.05. The van der Waals surface area contributed by atoms with E-state index in [9.17, 15) is 0 Å². The van der Waals surface area contributed by atoms with Gasteiger partial charge < -0.3 is 4.43 Å². The molecule has 1 saturated carbocycles. The maximum absolute atomic E-state index is 6.56. The van der Waals surface area contributed by atoms with Crippen molar-refractivity contribution in [3.8, 4) is 0 Å². The van der Waals surface area contributed by atoms with Crippen LogP contribution >= 0.6 is 0 Å². The highest BCUT2D eigenvalue weighted by Gasteiger charge is 2.63. The van der Waals surface area contributed by atoms with Crippen molar-refractivity contribution in [2.24, 2.45) is 10.8 Å². The molecule has 0 radical (unpaired) electrons. The van der Waals surface area contributed by atoms with Crippen molar-refractivity contribution in [1.29, 1.82) is 0 Å². The van der Waals surface area contributed by atoms with Crippen LogP contribution in [-0.2, 0) is 4.43 Å². The third kappa shape index (κ3) is 2.64. The van der Waals surface area contributed by atoms with E-state index in [2.05, 4.69) is 59.5 Å². The predicted octanol–water partition coefficient (Wildman–Crippen LogP) is 6.05. The molecule has 114 valence electrons. The van der Waals surface area contributed by atoms with Crippen LogP contribution in [0.1, 0.15) is 59.8 Å². The number of fused-ring (bicyclic) bond motifs is 1. The molecule has 0 unspecified atom stereocenters. The van der Waals surface area contributed by atoms with E-state index in [1.54, 1.807) is 0 Å². The lowest BCUT2D eigenvalue weighted by Crippen LogP contribution is -2.41. The van der Waals surface area contributed by atoms with Crippen molar-refractivity contribution in [3.63, 3.8) is 0 Å². The highest BCUT2D eigenvalue weighted by molar-refractivity contribution is 6.74. The lowest BCUT2D eigenvalue weighted by atomic mass is 9.82. The standard InChI is InChI=1S/C18H32OSi/c1-8-9-11-18-13-15(10-12-17(18,5)14-18)19-20(6,7)16(2,3)4/h8,13H,1,9-12,14H2,2-7H3/t17-,18+/m1/s1. The fourth-order valence-electron chi connectivity index (χ4n) is 3.38. The van der Waals surface area contributed by atoms with E-state index in [1.165, 1.54) is 25.0 Å². The van der Waals surface area contributed by atoms with E-state index in [0.717, 1.165) is 12.8 Å². The molecule has 2 rings (SSSR count). The molecule has 0 bridgehead atoms. The fraction of sp³-hybridized carbons (Fsp3) is 0.778. The molecule has 0 amide bonds. The molecule has 1 fully saturated rings. The van der Waals surface area contributed by atoms with Crippen LogP contribution in [0.2, 0.25) is 18.1 Å². The molecule has 1 nitrogen and oxygen atoms in total. The number of rotatable bonds is 5. The van der Waals surface area contributed by atoms with Crippen LogP contribution in [0.5, 0.6) is 0 Å². The third-order valence-corrected chi connectivity index (χ3v) is 10.5. The summed E-state index contributed by atoms with van der Waals surface area (Å²) < 4.78 is 6.56. The van der Waals surface area contributed by atoms with Gasteiger partial charge in [-0.3, -0.25) is 0 Å². The Morgan fingerprint density at radius 1 is 1.40 bits per heavy atom. The molecule has 20 heavy (non-hydrogen) atoms. The molecule has 0 heterocycles. The summed E-state index contributed by atoms with van der Waals surface area (Å²) in [7, 11) is -1.68. The summed E-state index contributed by atoms with van der Waals surface area (Å²) in [5.41, 5.74) is 0.952. The predicted molar refractivity (Wildman–Crippen MR) is 90.2 cm³/mol. The molecule has 0 aromatic heterocycles. The zero-order chi connectivity index (χ0) is 15.2. The molecule has 2 heteroatoms. The summed E-state index contributed by atoms with van der Waals surface area (Å²) >= 11 is 0. The van der Waals surface area contributed by atoms with Crippen LogP contribution in [0.3, 0.4) is 0 Å². The Morgan fingerprint density at radius 2 is 2.05 bits per heavy atom. The van der Waals surface area contributed by atoms with Gasteiger partial charge in [0, 0.05) is 6.42 Å². The number of allylic oxidation sites excluding steroid dienone is 3. The topological polar surface area (TPSA) is 9.23 Å². The quantitative estimate of drug-likeness (QED) is 0.443. The second-order valence-electron chi connectivity index (χ2n) is 8.69. The fourth-order valence-corrected chi connectivity index (χ4v) is 4.50. The Morgan fingerprint density at radius 3 is 2.60 bits per heavy atom. The average Bonchev–Trinajstić information content (AvgIpc) is 2.90. The van der Waals surface area contributed by atoms with Crippen LogP contribution in [0.25, 0.3) is 0 Å². The molecule has 2 aliphatic carbocycles. The molecule has 0 aromatic carbocycles. The second-order valence-corrected chi connectivity index (χ2v) is 13.4. The van der Waals surface area contributed by atoms with Crippen LogP contribution in [0.15, 0.2) is 24.5 Å². The van der Waals surface area contributed by atoms with Gasteiger partial charge in [0.05, 0.1) is 5.76 Å². The van der Waals surface area contributed by atoms with E-state index >= 15 is 0 Å². The van der Waals surface area contributed by atoms with Gasteiger partial charge in [-0.1, -0.05) is 33.8 Å². The van der Waals surface area contributed by atoms with Crippen molar-refractivity contribution in [1.82, 2.24) is 0 Å². The minimum absolute atomic E-state index is 0.284. The van der Waals surface area contributed by atoms with Gasteiger partial charge in [0.2, 0.25) is 8.32 Å². The lowest BCUT2D eigenvalue weighted by molar-refractivity contribution is 0.287. The second kappa shape index (κ2) is 4.76. The van der Waals surface area contributed by atoms with E-state index in [-0.39, 0.29) is 5.04 Å². The summed E-state index contributed by atoms with van der Waals surface area (Å²) in [5.74, 6) is 1.29. The van der Waals surface area contributed by atoms with E-state index < -0.39 is 8.32 Å². The van der Waals surface area contributed by atoms with Gasteiger partial charge in [-0.2, -0.15) is 0 Å². The van der Waals surface area contributed by atoms with E-state index in [0.29, 0.717) is 10.8 Å². The largest absolute Gasteiger partial charge is 0.547 e. The minimum atomic E-state index is -1.68. The van der Waals surface area contributed by atoms with Crippen LogP contribution in [0.4, 0.5) is 0 Å². The Bertz CT molecular complexity index is 429. The molecule has 0 aliphatic heterocycles. The first-order valence-electron chi connectivity index (χ1n) is 8.07. The molecule has 2 aliphatic rings. The zero-order valence-corrected chi connectivity index (χ0v) is 15.3. The zero-order valence-electron chi connectivity index (χ0n) is 14.3. The van der Waals surface area contributed by atoms with Crippen LogP contribution in [0, 0.1) is 10.8 Å². The van der Waals surface area contributed by atoms with Crippen molar-refractivity contribution >= 4 is 8.32 Å². The average molecular weight is 293 g/mol. The monoisotopic (exact) mass is 292 g/mol. The molecule has 2 atom stereocenters. The normalized spacial score (nSPS) is 33.2. The maximum atomic E-state index is 6.56. The Kier molecular flexibility index (Phi) is 3.78. The number of hydrogen-bond donors (Lipinski definition) is 0. The highest BCUT2D eigenvalue weighted by atomic mass is 28.4.